The molecule has 0 aliphatic carbocycles. The number of alkyl halides is 3. The number of ether oxygens (including phenoxy) is 3. The molecule has 0 unspecified atom stereocenters. The average Bonchev–Trinajstić information content (AvgIpc) is 2.70. The van der Waals surface area contributed by atoms with Gasteiger partial charge in [-0.05, 0) is 41.8 Å². The first-order chi connectivity index (χ1) is 13.8. The molecular formula is C20H24F3N3O3. The van der Waals surface area contributed by atoms with Gasteiger partial charge in [-0.3, -0.25) is 0 Å². The van der Waals surface area contributed by atoms with E-state index < -0.39 is 12.8 Å². The third-order valence-electron chi connectivity index (χ3n) is 3.90. The summed E-state index contributed by atoms with van der Waals surface area (Å²) in [5, 5.41) is 3.00. The molecule has 0 saturated carbocycles. The Labute approximate surface area is 167 Å². The minimum atomic E-state index is -4.38. The molecule has 0 fully saturated rings. The molecule has 0 amide bonds. The lowest BCUT2D eigenvalue weighted by Gasteiger charge is -2.11. The predicted octanol–water partition coefficient (Wildman–Crippen LogP) is 3.29. The van der Waals surface area contributed by atoms with Crippen LogP contribution >= 0.6 is 0 Å². The Hall–Kier alpha value is -3.10. The van der Waals surface area contributed by atoms with Crippen molar-refractivity contribution in [3.8, 4) is 17.2 Å². The fourth-order valence-corrected chi connectivity index (χ4v) is 2.50. The summed E-state index contributed by atoms with van der Waals surface area (Å²) in [6.45, 7) is -0.558. The van der Waals surface area contributed by atoms with Gasteiger partial charge in [-0.15, -0.1) is 0 Å². The van der Waals surface area contributed by atoms with Crippen LogP contribution in [0.25, 0.3) is 0 Å². The molecule has 0 aromatic heterocycles. The third kappa shape index (κ3) is 7.81. The summed E-state index contributed by atoms with van der Waals surface area (Å²) >= 11 is 0. The quantitative estimate of drug-likeness (QED) is 0.489. The first-order valence-electron chi connectivity index (χ1n) is 8.84. The van der Waals surface area contributed by atoms with Gasteiger partial charge in [0.05, 0.1) is 20.8 Å². The van der Waals surface area contributed by atoms with Crippen LogP contribution in [0.5, 0.6) is 17.2 Å². The molecule has 0 radical (unpaired) electrons. The Bertz CT molecular complexity index is 826. The van der Waals surface area contributed by atoms with Crippen molar-refractivity contribution in [1.82, 2.24) is 5.32 Å². The topological polar surface area (TPSA) is 78.1 Å². The van der Waals surface area contributed by atoms with Gasteiger partial charge in [0.2, 0.25) is 0 Å². The molecule has 2 aromatic rings. The maximum absolute atomic E-state index is 12.2. The van der Waals surface area contributed by atoms with E-state index in [0.717, 1.165) is 5.56 Å². The van der Waals surface area contributed by atoms with Crippen LogP contribution in [0.3, 0.4) is 0 Å². The molecule has 9 heteroatoms. The van der Waals surface area contributed by atoms with Crippen molar-refractivity contribution in [2.75, 3.05) is 27.4 Å². The first-order valence-corrected chi connectivity index (χ1v) is 8.84. The molecule has 29 heavy (non-hydrogen) atoms. The van der Waals surface area contributed by atoms with Gasteiger partial charge in [0.1, 0.15) is 5.75 Å². The van der Waals surface area contributed by atoms with Gasteiger partial charge in [0, 0.05) is 6.54 Å². The van der Waals surface area contributed by atoms with E-state index in [1.54, 1.807) is 26.4 Å². The molecule has 158 valence electrons. The van der Waals surface area contributed by atoms with Crippen molar-refractivity contribution < 1.29 is 27.4 Å². The van der Waals surface area contributed by atoms with E-state index in [1.165, 1.54) is 12.1 Å². The number of halogens is 3. The summed E-state index contributed by atoms with van der Waals surface area (Å²) in [6.07, 6.45) is -3.69. The van der Waals surface area contributed by atoms with Crippen LogP contribution in [-0.2, 0) is 13.0 Å². The van der Waals surface area contributed by atoms with E-state index in [9.17, 15) is 13.2 Å². The molecule has 0 spiro atoms. The van der Waals surface area contributed by atoms with E-state index in [4.69, 9.17) is 19.9 Å². The van der Waals surface area contributed by atoms with Crippen molar-refractivity contribution in [2.24, 2.45) is 10.7 Å². The fraction of sp³-hybridized carbons (Fsp3) is 0.350. The van der Waals surface area contributed by atoms with Gasteiger partial charge in [0.15, 0.2) is 24.1 Å². The lowest BCUT2D eigenvalue weighted by atomic mass is 10.1. The molecule has 0 heterocycles. The molecule has 0 aliphatic heterocycles. The zero-order valence-corrected chi connectivity index (χ0v) is 16.3. The second-order valence-corrected chi connectivity index (χ2v) is 6.12. The van der Waals surface area contributed by atoms with Crippen LogP contribution < -0.4 is 25.3 Å². The second kappa shape index (κ2) is 10.4. The molecule has 0 atom stereocenters. The summed E-state index contributed by atoms with van der Waals surface area (Å²) in [5.41, 5.74) is 7.58. The van der Waals surface area contributed by atoms with Gasteiger partial charge >= 0.3 is 6.18 Å². The number of hydrogen-bond donors (Lipinski definition) is 2. The predicted molar refractivity (Wildman–Crippen MR) is 105 cm³/mol. The second-order valence-electron chi connectivity index (χ2n) is 6.12. The summed E-state index contributed by atoms with van der Waals surface area (Å²) in [5.74, 6) is 1.69. The molecule has 2 aromatic carbocycles. The number of aliphatic imine (C=N–C) groups is 1. The van der Waals surface area contributed by atoms with Crippen LogP contribution in [0, 0.1) is 0 Å². The van der Waals surface area contributed by atoms with Crippen molar-refractivity contribution in [3.63, 3.8) is 0 Å². The van der Waals surface area contributed by atoms with E-state index in [2.05, 4.69) is 10.3 Å². The van der Waals surface area contributed by atoms with E-state index in [0.29, 0.717) is 30.0 Å². The minimum Gasteiger partial charge on any atom is -0.493 e. The Kier molecular flexibility index (Phi) is 7.99. The van der Waals surface area contributed by atoms with Crippen LogP contribution in [0.1, 0.15) is 11.1 Å². The van der Waals surface area contributed by atoms with Crippen LogP contribution in [-0.4, -0.2) is 39.5 Å². The maximum Gasteiger partial charge on any atom is 0.422 e. The normalized spacial score (nSPS) is 11.8. The smallest absolute Gasteiger partial charge is 0.422 e. The lowest BCUT2D eigenvalue weighted by Crippen LogP contribution is -2.33. The fourth-order valence-electron chi connectivity index (χ4n) is 2.50. The molecular weight excluding hydrogens is 387 g/mol. The van der Waals surface area contributed by atoms with Crippen molar-refractivity contribution in [2.45, 2.75) is 19.1 Å². The highest BCUT2D eigenvalue weighted by Gasteiger charge is 2.28. The largest absolute Gasteiger partial charge is 0.493 e. The van der Waals surface area contributed by atoms with Gasteiger partial charge in [0.25, 0.3) is 0 Å². The first kappa shape index (κ1) is 22.2. The average molecular weight is 411 g/mol. The summed E-state index contributed by atoms with van der Waals surface area (Å²) in [4.78, 5) is 4.20. The van der Waals surface area contributed by atoms with E-state index in [-0.39, 0.29) is 18.3 Å². The Morgan fingerprint density at radius 3 is 2.48 bits per heavy atom. The van der Waals surface area contributed by atoms with Crippen LogP contribution in [0.4, 0.5) is 13.2 Å². The zero-order valence-electron chi connectivity index (χ0n) is 16.3. The zero-order chi connectivity index (χ0) is 21.3. The number of methoxy groups -OCH3 is 2. The van der Waals surface area contributed by atoms with Gasteiger partial charge in [-0.2, -0.15) is 13.2 Å². The van der Waals surface area contributed by atoms with Crippen molar-refractivity contribution in [1.29, 1.82) is 0 Å². The molecule has 3 N–H and O–H groups in total. The van der Waals surface area contributed by atoms with E-state index in [1.807, 2.05) is 18.2 Å². The van der Waals surface area contributed by atoms with Crippen LogP contribution in [0.15, 0.2) is 47.5 Å². The molecule has 2 rings (SSSR count). The molecule has 6 nitrogen and oxygen atoms in total. The van der Waals surface area contributed by atoms with Gasteiger partial charge < -0.3 is 25.3 Å². The number of benzene rings is 2. The Morgan fingerprint density at radius 2 is 1.79 bits per heavy atom. The molecule has 0 saturated heterocycles. The lowest BCUT2D eigenvalue weighted by molar-refractivity contribution is -0.153. The number of rotatable bonds is 9. The van der Waals surface area contributed by atoms with Gasteiger partial charge in [-0.1, -0.05) is 18.2 Å². The SMILES string of the molecule is COc1ccc(CCNC(N)=NCc2cccc(OCC(F)(F)F)c2)cc1OC. The van der Waals surface area contributed by atoms with Crippen molar-refractivity contribution >= 4 is 5.96 Å². The highest BCUT2D eigenvalue weighted by atomic mass is 19.4. The number of nitrogens with zero attached hydrogens (tertiary/aromatic N) is 1. The van der Waals surface area contributed by atoms with E-state index >= 15 is 0 Å². The summed E-state index contributed by atoms with van der Waals surface area (Å²) in [7, 11) is 3.15. The summed E-state index contributed by atoms with van der Waals surface area (Å²) < 4.78 is 51.9. The number of guanidine groups is 1. The van der Waals surface area contributed by atoms with Crippen LogP contribution in [0.2, 0.25) is 0 Å². The number of nitrogens with one attached hydrogen (secondary N) is 1. The summed E-state index contributed by atoms with van der Waals surface area (Å²) in [6, 6.07) is 12.0. The minimum absolute atomic E-state index is 0.134. The highest BCUT2D eigenvalue weighted by molar-refractivity contribution is 5.77. The molecule has 0 bridgehead atoms. The van der Waals surface area contributed by atoms with Crippen molar-refractivity contribution in [3.05, 3.63) is 53.6 Å². The monoisotopic (exact) mass is 411 g/mol. The maximum atomic E-state index is 12.2. The number of hydrogen-bond acceptors (Lipinski definition) is 4. The Morgan fingerprint density at radius 1 is 1.03 bits per heavy atom. The van der Waals surface area contributed by atoms with Gasteiger partial charge in [-0.25, -0.2) is 4.99 Å². The standard InChI is InChI=1S/C20H24F3N3O3/c1-27-17-7-6-14(11-18(17)28-2)8-9-25-19(24)26-12-15-4-3-5-16(10-15)29-13-20(21,22)23/h3-7,10-11H,8-9,12-13H2,1-2H3,(H3,24,25,26). The third-order valence-corrected chi connectivity index (χ3v) is 3.90. The number of nitrogens with two attached hydrogens (primary N) is 1. The highest BCUT2D eigenvalue weighted by Crippen LogP contribution is 2.27. The Balaban J connectivity index is 1.83. The molecule has 0 aliphatic rings.